The number of alkyl carbamates (subject to hydrolysis) is 1. The number of nitrogens with zero attached hydrogens (tertiary/aromatic N) is 1. The highest BCUT2D eigenvalue weighted by Gasteiger charge is 2.50. The van der Waals surface area contributed by atoms with Gasteiger partial charge in [0, 0.05) is 19.4 Å². The van der Waals surface area contributed by atoms with Gasteiger partial charge in [-0.05, 0) is 30.0 Å². The molecule has 0 saturated carbocycles. The molecular formula is C34H37N3O10. The van der Waals surface area contributed by atoms with Crippen LogP contribution in [0.5, 0.6) is 0 Å². The third-order valence-electron chi connectivity index (χ3n) is 7.35. The molecule has 248 valence electrons. The molecular weight excluding hydrogens is 610 g/mol. The SMILES string of the molecule is C[C@H](NC(=O)OCc1ccccc1)C(=O)N[C@@H](CCC(=O)O)C(=O)N(Cc1ccccc1)[C@](CC(=O)O)(Cc1ccccc1)C(=O)O. The number of carboxylic acid groups (broad SMARTS) is 3. The summed E-state index contributed by atoms with van der Waals surface area (Å²) >= 11 is 0. The topological polar surface area (TPSA) is 200 Å². The fourth-order valence-corrected chi connectivity index (χ4v) is 4.93. The van der Waals surface area contributed by atoms with E-state index in [2.05, 4.69) is 10.6 Å². The van der Waals surface area contributed by atoms with Crippen molar-refractivity contribution in [1.29, 1.82) is 0 Å². The van der Waals surface area contributed by atoms with E-state index in [1.807, 2.05) is 0 Å². The van der Waals surface area contributed by atoms with Crippen molar-refractivity contribution in [1.82, 2.24) is 15.5 Å². The van der Waals surface area contributed by atoms with Gasteiger partial charge in [-0.25, -0.2) is 9.59 Å². The maximum absolute atomic E-state index is 14.4. The number of ether oxygens (including phenoxy) is 1. The van der Waals surface area contributed by atoms with Gasteiger partial charge in [-0.15, -0.1) is 0 Å². The predicted octanol–water partition coefficient (Wildman–Crippen LogP) is 3.22. The molecule has 3 rings (SSSR count). The standard InChI is InChI=1S/C34H37N3O10/c1-23(35-33(46)47-22-26-15-9-4-10-16-26)30(42)36-27(17-18-28(38)39)31(43)37(21-25-13-7-3-8-14-25)34(32(44)45,20-29(40)41)19-24-11-5-2-6-12-24/h2-16,23,27H,17-22H2,1H3,(H,35,46)(H,36,42)(H,38,39)(H,40,41)(H,44,45)/t23-,27-,34-/m0/s1. The molecule has 13 nitrogen and oxygen atoms in total. The van der Waals surface area contributed by atoms with Gasteiger partial charge in [0.25, 0.3) is 0 Å². The van der Waals surface area contributed by atoms with E-state index in [0.717, 1.165) is 4.90 Å². The summed E-state index contributed by atoms with van der Waals surface area (Å²) in [4.78, 5) is 77.7. The second-order valence-corrected chi connectivity index (χ2v) is 10.9. The van der Waals surface area contributed by atoms with E-state index in [1.165, 1.54) is 6.92 Å². The first kappa shape index (κ1) is 35.8. The number of rotatable bonds is 17. The molecule has 0 saturated heterocycles. The van der Waals surface area contributed by atoms with Crippen molar-refractivity contribution in [2.75, 3.05) is 0 Å². The molecule has 0 unspecified atom stereocenters. The molecule has 0 bridgehead atoms. The Morgan fingerprint density at radius 2 is 1.28 bits per heavy atom. The normalized spacial score (nSPS) is 13.2. The molecule has 3 aromatic carbocycles. The van der Waals surface area contributed by atoms with E-state index in [1.54, 1.807) is 91.0 Å². The second-order valence-electron chi connectivity index (χ2n) is 10.9. The van der Waals surface area contributed by atoms with Crippen LogP contribution in [0, 0.1) is 0 Å². The number of carbonyl (C=O) groups excluding carboxylic acids is 3. The first-order chi connectivity index (χ1) is 22.4. The average Bonchev–Trinajstić information content (AvgIpc) is 3.04. The highest BCUT2D eigenvalue weighted by molar-refractivity contribution is 5.95. The minimum Gasteiger partial charge on any atom is -0.481 e. The predicted molar refractivity (Wildman–Crippen MR) is 168 cm³/mol. The number of benzene rings is 3. The number of amides is 3. The zero-order valence-corrected chi connectivity index (χ0v) is 25.7. The first-order valence-electron chi connectivity index (χ1n) is 14.7. The Hall–Kier alpha value is -5.72. The Labute approximate surface area is 271 Å². The van der Waals surface area contributed by atoms with Gasteiger partial charge >= 0.3 is 24.0 Å². The Morgan fingerprint density at radius 3 is 1.79 bits per heavy atom. The Kier molecular flexibility index (Phi) is 13.0. The maximum Gasteiger partial charge on any atom is 0.408 e. The molecule has 0 aliphatic carbocycles. The van der Waals surface area contributed by atoms with Crippen LogP contribution in [-0.2, 0) is 48.3 Å². The average molecular weight is 648 g/mol. The van der Waals surface area contributed by atoms with E-state index >= 15 is 0 Å². The lowest BCUT2D eigenvalue weighted by Crippen LogP contribution is -2.63. The molecule has 47 heavy (non-hydrogen) atoms. The van der Waals surface area contributed by atoms with Crippen LogP contribution in [0.15, 0.2) is 91.0 Å². The third kappa shape index (κ3) is 10.7. The van der Waals surface area contributed by atoms with Crippen LogP contribution in [-0.4, -0.2) is 73.7 Å². The smallest absolute Gasteiger partial charge is 0.408 e. The van der Waals surface area contributed by atoms with Gasteiger partial charge in [0.2, 0.25) is 11.8 Å². The van der Waals surface area contributed by atoms with Crippen molar-refractivity contribution in [3.8, 4) is 0 Å². The fraction of sp³-hybridized carbons (Fsp3) is 0.294. The summed E-state index contributed by atoms with van der Waals surface area (Å²) < 4.78 is 5.15. The molecule has 0 spiro atoms. The molecule has 0 fully saturated rings. The lowest BCUT2D eigenvalue weighted by atomic mass is 9.84. The highest BCUT2D eigenvalue weighted by Crippen LogP contribution is 2.30. The number of hydrogen-bond acceptors (Lipinski definition) is 7. The molecule has 5 N–H and O–H groups in total. The number of carboxylic acids is 3. The van der Waals surface area contributed by atoms with E-state index in [4.69, 9.17) is 4.74 Å². The van der Waals surface area contributed by atoms with Gasteiger partial charge < -0.3 is 35.6 Å². The van der Waals surface area contributed by atoms with Gasteiger partial charge in [0.1, 0.15) is 18.7 Å². The maximum atomic E-state index is 14.4. The zero-order chi connectivity index (χ0) is 34.4. The zero-order valence-electron chi connectivity index (χ0n) is 25.7. The van der Waals surface area contributed by atoms with Crippen LogP contribution in [0.3, 0.4) is 0 Å². The van der Waals surface area contributed by atoms with Gasteiger partial charge in [-0.2, -0.15) is 0 Å². The van der Waals surface area contributed by atoms with Gasteiger partial charge in [0.05, 0.1) is 6.42 Å². The van der Waals surface area contributed by atoms with Crippen LogP contribution >= 0.6 is 0 Å². The van der Waals surface area contributed by atoms with Crippen molar-refractivity contribution >= 4 is 35.8 Å². The van der Waals surface area contributed by atoms with Gasteiger partial charge in [-0.3, -0.25) is 19.2 Å². The summed E-state index contributed by atoms with van der Waals surface area (Å²) in [7, 11) is 0. The monoisotopic (exact) mass is 647 g/mol. The van der Waals surface area contributed by atoms with Crippen molar-refractivity contribution < 1.29 is 48.8 Å². The lowest BCUT2D eigenvalue weighted by molar-refractivity contribution is -0.166. The van der Waals surface area contributed by atoms with Crippen LogP contribution in [0.1, 0.15) is 42.9 Å². The summed E-state index contributed by atoms with van der Waals surface area (Å²) in [5.41, 5.74) is -0.752. The fourth-order valence-electron chi connectivity index (χ4n) is 4.93. The first-order valence-corrected chi connectivity index (χ1v) is 14.7. The molecule has 3 aromatic rings. The minimum absolute atomic E-state index is 0.0720. The van der Waals surface area contributed by atoms with Crippen molar-refractivity contribution in [2.24, 2.45) is 0 Å². The molecule has 13 heteroatoms. The molecule has 3 atom stereocenters. The van der Waals surface area contributed by atoms with Crippen molar-refractivity contribution in [3.05, 3.63) is 108 Å². The quantitative estimate of drug-likeness (QED) is 0.145. The van der Waals surface area contributed by atoms with Crippen LogP contribution in [0.25, 0.3) is 0 Å². The number of carbonyl (C=O) groups is 6. The molecule has 3 amide bonds. The summed E-state index contributed by atoms with van der Waals surface area (Å²) in [5.74, 6) is -6.28. The number of hydrogen-bond donors (Lipinski definition) is 5. The Balaban J connectivity index is 1.95. The molecule has 0 heterocycles. The van der Waals surface area contributed by atoms with Gasteiger partial charge in [-0.1, -0.05) is 91.0 Å². The molecule has 0 radical (unpaired) electrons. The highest BCUT2D eigenvalue weighted by atomic mass is 16.5. The number of aliphatic carboxylic acids is 3. The number of nitrogens with one attached hydrogen (secondary N) is 2. The second kappa shape index (κ2) is 17.1. The van der Waals surface area contributed by atoms with Crippen LogP contribution in [0.4, 0.5) is 4.79 Å². The summed E-state index contributed by atoms with van der Waals surface area (Å²) in [5, 5.41) is 34.7. The largest absolute Gasteiger partial charge is 0.481 e. The van der Waals surface area contributed by atoms with Crippen LogP contribution < -0.4 is 10.6 Å². The minimum atomic E-state index is -2.35. The molecule has 0 aliphatic heterocycles. The summed E-state index contributed by atoms with van der Waals surface area (Å²) in [6, 6.07) is 22.4. The Bertz CT molecular complexity index is 1540. The van der Waals surface area contributed by atoms with Crippen LogP contribution in [0.2, 0.25) is 0 Å². The van der Waals surface area contributed by atoms with E-state index in [9.17, 15) is 44.1 Å². The van der Waals surface area contributed by atoms with E-state index in [0.29, 0.717) is 16.7 Å². The lowest BCUT2D eigenvalue weighted by Gasteiger charge is -2.42. The van der Waals surface area contributed by atoms with E-state index < -0.39 is 79.1 Å². The van der Waals surface area contributed by atoms with Crippen molar-refractivity contribution in [2.45, 2.75) is 63.4 Å². The van der Waals surface area contributed by atoms with Gasteiger partial charge in [0.15, 0.2) is 5.54 Å². The van der Waals surface area contributed by atoms with E-state index in [-0.39, 0.29) is 13.2 Å². The summed E-state index contributed by atoms with van der Waals surface area (Å²) in [6.45, 7) is 0.879. The Morgan fingerprint density at radius 1 is 0.745 bits per heavy atom. The van der Waals surface area contributed by atoms with Crippen molar-refractivity contribution in [3.63, 3.8) is 0 Å². The molecule has 0 aromatic heterocycles. The molecule has 0 aliphatic rings. The summed E-state index contributed by atoms with van der Waals surface area (Å²) in [6.07, 6.45) is -3.37. The third-order valence-corrected chi connectivity index (χ3v) is 7.35.